The summed E-state index contributed by atoms with van der Waals surface area (Å²) in [5, 5.41) is 0. The van der Waals surface area contributed by atoms with Crippen molar-refractivity contribution in [2.24, 2.45) is 0 Å². The highest BCUT2D eigenvalue weighted by molar-refractivity contribution is 5.80. The highest BCUT2D eigenvalue weighted by Crippen LogP contribution is 2.29. The molecule has 190 valence electrons. The van der Waals surface area contributed by atoms with Crippen LogP contribution in [0, 0.1) is 0 Å². The third-order valence-electron chi connectivity index (χ3n) is 6.19. The van der Waals surface area contributed by atoms with Crippen molar-refractivity contribution in [2.45, 2.75) is 77.4 Å². The zero-order valence-electron chi connectivity index (χ0n) is 21.2. The summed E-state index contributed by atoms with van der Waals surface area (Å²) in [6.45, 7) is 4.99. The molecule has 0 radical (unpaired) electrons. The van der Waals surface area contributed by atoms with Crippen LogP contribution in [-0.4, -0.2) is 39.7 Å². The first-order chi connectivity index (χ1) is 17.7. The minimum absolute atomic E-state index is 0.00211. The van der Waals surface area contributed by atoms with E-state index in [0.717, 1.165) is 36.0 Å². The van der Waals surface area contributed by atoms with Crippen LogP contribution in [0.3, 0.4) is 0 Å². The molecule has 0 aliphatic carbocycles. The van der Waals surface area contributed by atoms with Gasteiger partial charge in [-0.2, -0.15) is 0 Å². The molecule has 4 rings (SSSR count). The summed E-state index contributed by atoms with van der Waals surface area (Å²) in [7, 11) is 0. The molecule has 1 aliphatic rings. The lowest BCUT2D eigenvalue weighted by atomic mass is 10.1. The molecular formula is C29H35N3O4. The van der Waals surface area contributed by atoms with E-state index in [1.165, 1.54) is 32.1 Å². The van der Waals surface area contributed by atoms with Gasteiger partial charge >= 0.3 is 5.97 Å². The summed E-state index contributed by atoms with van der Waals surface area (Å²) in [6.07, 6.45) is 14.2. The van der Waals surface area contributed by atoms with E-state index in [2.05, 4.69) is 28.8 Å². The van der Waals surface area contributed by atoms with Crippen LogP contribution in [0.25, 0.3) is 22.5 Å². The van der Waals surface area contributed by atoms with Crippen molar-refractivity contribution in [1.82, 2.24) is 15.0 Å². The van der Waals surface area contributed by atoms with Gasteiger partial charge in [-0.15, -0.1) is 0 Å². The fourth-order valence-electron chi connectivity index (χ4n) is 4.02. The molecule has 7 heteroatoms. The van der Waals surface area contributed by atoms with E-state index in [1.807, 2.05) is 24.3 Å². The Morgan fingerprint density at radius 2 is 1.50 bits per heavy atom. The third-order valence-corrected chi connectivity index (χ3v) is 6.19. The van der Waals surface area contributed by atoms with Crippen LogP contribution >= 0.6 is 0 Å². The minimum Gasteiger partial charge on any atom is -0.478 e. The van der Waals surface area contributed by atoms with Gasteiger partial charge in [-0.05, 0) is 43.2 Å². The summed E-state index contributed by atoms with van der Waals surface area (Å²) in [6, 6.07) is 11.0. The van der Waals surface area contributed by atoms with Crippen LogP contribution in [0.4, 0.5) is 0 Å². The summed E-state index contributed by atoms with van der Waals surface area (Å²) in [5.74, 6) is 1.38. The van der Waals surface area contributed by atoms with E-state index >= 15 is 0 Å². The molecule has 0 saturated carbocycles. The number of rotatable bonds is 14. The van der Waals surface area contributed by atoms with Gasteiger partial charge in [-0.25, -0.2) is 19.7 Å². The lowest BCUT2D eigenvalue weighted by molar-refractivity contribution is -0.135. The molecule has 0 unspecified atom stereocenters. The Labute approximate surface area is 213 Å². The smallest absolute Gasteiger partial charge is 0.343 e. The largest absolute Gasteiger partial charge is 0.478 e. The number of benzene rings is 1. The van der Waals surface area contributed by atoms with Gasteiger partial charge < -0.3 is 14.2 Å². The first kappa shape index (κ1) is 25.8. The van der Waals surface area contributed by atoms with Crippen LogP contribution < -0.4 is 9.47 Å². The fraction of sp³-hybridized carbons (Fsp3) is 0.448. The number of nitrogens with zero attached hydrogens (tertiary/aromatic N) is 3. The number of carbonyl (C=O) groups is 1. The summed E-state index contributed by atoms with van der Waals surface area (Å²) in [4.78, 5) is 25.6. The number of hydrogen-bond donors (Lipinski definition) is 0. The van der Waals surface area contributed by atoms with Crippen molar-refractivity contribution in [3.8, 4) is 34.1 Å². The predicted octanol–water partition coefficient (Wildman–Crippen LogP) is 6.42. The van der Waals surface area contributed by atoms with E-state index in [-0.39, 0.29) is 12.1 Å². The molecule has 36 heavy (non-hydrogen) atoms. The minimum atomic E-state index is -0.434. The average Bonchev–Trinajstić information content (AvgIpc) is 3.69. The van der Waals surface area contributed by atoms with Crippen LogP contribution in [0.5, 0.6) is 11.6 Å². The zero-order valence-corrected chi connectivity index (χ0v) is 21.2. The van der Waals surface area contributed by atoms with Crippen molar-refractivity contribution in [3.63, 3.8) is 0 Å². The van der Waals surface area contributed by atoms with Crippen molar-refractivity contribution in [3.05, 3.63) is 55.0 Å². The molecule has 0 bridgehead atoms. The van der Waals surface area contributed by atoms with Gasteiger partial charge in [0, 0.05) is 41.3 Å². The number of aromatic nitrogens is 3. The molecule has 0 amide bonds. The Morgan fingerprint density at radius 1 is 0.806 bits per heavy atom. The maximum Gasteiger partial charge on any atom is 0.343 e. The van der Waals surface area contributed by atoms with Crippen LogP contribution in [0.2, 0.25) is 0 Å². The average molecular weight is 490 g/mol. The molecule has 1 aliphatic heterocycles. The van der Waals surface area contributed by atoms with E-state index in [4.69, 9.17) is 14.2 Å². The molecule has 2 aromatic heterocycles. The highest BCUT2D eigenvalue weighted by Gasteiger charge is 2.45. The third kappa shape index (κ3) is 7.34. The first-order valence-electron chi connectivity index (χ1n) is 13.1. The first-order valence-corrected chi connectivity index (χ1v) is 13.1. The van der Waals surface area contributed by atoms with Gasteiger partial charge in [-0.3, -0.25) is 0 Å². The second-order valence-electron chi connectivity index (χ2n) is 9.13. The molecule has 0 spiro atoms. The Kier molecular flexibility index (Phi) is 9.39. The summed E-state index contributed by atoms with van der Waals surface area (Å²) in [5.41, 5.74) is 2.65. The van der Waals surface area contributed by atoms with E-state index in [9.17, 15) is 4.79 Å². The van der Waals surface area contributed by atoms with E-state index in [0.29, 0.717) is 24.1 Å². The summed E-state index contributed by atoms with van der Waals surface area (Å²) >= 11 is 0. The van der Waals surface area contributed by atoms with Crippen molar-refractivity contribution >= 4 is 5.97 Å². The van der Waals surface area contributed by atoms with Crippen LogP contribution in [0.1, 0.15) is 65.2 Å². The molecule has 7 nitrogen and oxygen atoms in total. The zero-order chi connectivity index (χ0) is 25.2. The van der Waals surface area contributed by atoms with Crippen molar-refractivity contribution in [2.75, 3.05) is 6.61 Å². The number of epoxide rings is 1. The molecular weight excluding hydrogens is 454 g/mol. The topological polar surface area (TPSA) is 86.7 Å². The molecule has 3 aromatic rings. The number of esters is 1. The van der Waals surface area contributed by atoms with Crippen LogP contribution in [-0.2, 0) is 9.53 Å². The highest BCUT2D eigenvalue weighted by atomic mass is 16.6. The summed E-state index contributed by atoms with van der Waals surface area (Å²) < 4.78 is 16.6. The van der Waals surface area contributed by atoms with Crippen molar-refractivity contribution < 1.29 is 19.0 Å². The lowest BCUT2D eigenvalue weighted by Gasteiger charge is -2.07. The monoisotopic (exact) mass is 489 g/mol. The number of unbranched alkanes of at least 4 members (excludes halogenated alkanes) is 5. The number of carbonyl (C=O) groups excluding carboxylic acids is 1. The maximum atomic E-state index is 12.1. The Bertz CT molecular complexity index is 1090. The Morgan fingerprint density at radius 3 is 2.19 bits per heavy atom. The number of pyridine rings is 1. The van der Waals surface area contributed by atoms with E-state index in [1.54, 1.807) is 30.7 Å². The Balaban J connectivity index is 1.25. The van der Waals surface area contributed by atoms with Crippen LogP contribution in [0.15, 0.2) is 55.0 Å². The number of ether oxygens (including phenoxy) is 3. The second kappa shape index (κ2) is 13.1. The molecule has 1 aromatic carbocycles. The van der Waals surface area contributed by atoms with Gasteiger partial charge in [0.25, 0.3) is 0 Å². The predicted molar refractivity (Wildman–Crippen MR) is 139 cm³/mol. The molecule has 0 N–H and O–H groups in total. The van der Waals surface area contributed by atoms with Gasteiger partial charge in [0.05, 0.1) is 12.7 Å². The quantitative estimate of drug-likeness (QED) is 0.112. The standard InChI is InChI=1S/C29H35N3O4/c1-3-5-6-7-8-9-17-34-26-16-13-22(18-30-26)23-19-31-28(32-20-23)21-11-14-24(15-12-21)35-29(33)27-25(36-27)10-4-2/h11-16,18-20,25,27H,3-10,17H2,1-2H3/t25-,27-/m1/s1. The molecule has 1 fully saturated rings. The second-order valence-corrected chi connectivity index (χ2v) is 9.13. The van der Waals surface area contributed by atoms with Gasteiger partial charge in [0.15, 0.2) is 11.9 Å². The number of hydrogen-bond acceptors (Lipinski definition) is 7. The SMILES string of the molecule is CCCCCCCCOc1ccc(-c2cnc(-c3ccc(OC(=O)[C@@H]4O[C@@H]4CCC)cc3)nc2)cn1. The van der Waals surface area contributed by atoms with Gasteiger partial charge in [-0.1, -0.05) is 52.4 Å². The van der Waals surface area contributed by atoms with Crippen molar-refractivity contribution in [1.29, 1.82) is 0 Å². The van der Waals surface area contributed by atoms with Gasteiger partial charge in [0.1, 0.15) is 5.75 Å². The lowest BCUT2D eigenvalue weighted by Crippen LogP contribution is -2.17. The maximum absolute atomic E-state index is 12.1. The molecule has 3 heterocycles. The van der Waals surface area contributed by atoms with E-state index < -0.39 is 6.10 Å². The normalized spacial score (nSPS) is 16.5. The van der Waals surface area contributed by atoms with Gasteiger partial charge in [0.2, 0.25) is 5.88 Å². The molecule has 1 saturated heterocycles. The fourth-order valence-corrected chi connectivity index (χ4v) is 4.02. The molecule has 2 atom stereocenters. The Hall–Kier alpha value is -3.32.